The van der Waals surface area contributed by atoms with E-state index in [0.717, 1.165) is 23.0 Å². The number of nitrogens with zero attached hydrogens (tertiary/aromatic N) is 1. The standard InChI is InChI=1S/C14H16F2N2/c15-13(16)9-18-7-6-10-2-1-3-11(14(10)18)8-17-12-4-5-12/h1-3,6-7,12-13,17H,4-5,8-9H2. The number of benzene rings is 1. The monoisotopic (exact) mass is 250 g/mol. The molecule has 1 aromatic carbocycles. The van der Waals surface area contributed by atoms with Crippen molar-refractivity contribution in [3.8, 4) is 0 Å². The normalized spacial score (nSPS) is 15.7. The molecule has 96 valence electrons. The smallest absolute Gasteiger partial charge is 0.256 e. The second kappa shape index (κ2) is 4.69. The quantitative estimate of drug-likeness (QED) is 0.862. The summed E-state index contributed by atoms with van der Waals surface area (Å²) in [5.41, 5.74) is 2.04. The SMILES string of the molecule is FC(F)Cn1ccc2cccc(CNC3CC3)c21. The minimum absolute atomic E-state index is 0.232. The second-order valence-electron chi connectivity index (χ2n) is 4.87. The molecule has 0 saturated heterocycles. The lowest BCUT2D eigenvalue weighted by Crippen LogP contribution is -2.16. The van der Waals surface area contributed by atoms with Crippen molar-refractivity contribution in [2.45, 2.75) is 38.4 Å². The molecule has 1 aliphatic carbocycles. The molecule has 4 heteroatoms. The van der Waals surface area contributed by atoms with Gasteiger partial charge in [-0.3, -0.25) is 0 Å². The number of nitrogens with one attached hydrogen (secondary N) is 1. The van der Waals surface area contributed by atoms with Crippen LogP contribution < -0.4 is 5.32 Å². The molecule has 0 aliphatic heterocycles. The van der Waals surface area contributed by atoms with Gasteiger partial charge in [0.2, 0.25) is 0 Å². The van der Waals surface area contributed by atoms with E-state index in [-0.39, 0.29) is 6.54 Å². The fourth-order valence-corrected chi connectivity index (χ4v) is 2.33. The first-order chi connectivity index (χ1) is 8.74. The van der Waals surface area contributed by atoms with E-state index in [2.05, 4.69) is 5.32 Å². The summed E-state index contributed by atoms with van der Waals surface area (Å²) < 4.78 is 26.7. The van der Waals surface area contributed by atoms with Crippen LogP contribution in [0.2, 0.25) is 0 Å². The Balaban J connectivity index is 1.92. The van der Waals surface area contributed by atoms with Crippen molar-refractivity contribution in [1.29, 1.82) is 0 Å². The average molecular weight is 250 g/mol. The van der Waals surface area contributed by atoms with E-state index in [1.54, 1.807) is 10.8 Å². The highest BCUT2D eigenvalue weighted by molar-refractivity contribution is 5.83. The van der Waals surface area contributed by atoms with Gasteiger partial charge in [-0.15, -0.1) is 0 Å². The summed E-state index contributed by atoms with van der Waals surface area (Å²) in [5, 5.41) is 4.47. The van der Waals surface area contributed by atoms with Gasteiger partial charge in [0.05, 0.1) is 12.1 Å². The summed E-state index contributed by atoms with van der Waals surface area (Å²) in [6, 6.07) is 8.49. The Morgan fingerprint density at radius 2 is 2.11 bits per heavy atom. The van der Waals surface area contributed by atoms with Crippen molar-refractivity contribution >= 4 is 10.9 Å². The van der Waals surface area contributed by atoms with Crippen molar-refractivity contribution in [1.82, 2.24) is 9.88 Å². The predicted octanol–water partition coefficient (Wildman–Crippen LogP) is 3.16. The van der Waals surface area contributed by atoms with Crippen molar-refractivity contribution in [2.24, 2.45) is 0 Å². The van der Waals surface area contributed by atoms with E-state index in [1.807, 2.05) is 24.3 Å². The predicted molar refractivity (Wildman–Crippen MR) is 67.8 cm³/mol. The maximum Gasteiger partial charge on any atom is 0.256 e. The third-order valence-corrected chi connectivity index (χ3v) is 3.37. The van der Waals surface area contributed by atoms with E-state index in [0.29, 0.717) is 6.04 Å². The molecule has 2 aromatic rings. The fourth-order valence-electron chi connectivity index (χ4n) is 2.33. The van der Waals surface area contributed by atoms with Gasteiger partial charge in [0, 0.05) is 18.8 Å². The molecule has 2 nitrogen and oxygen atoms in total. The molecule has 1 aliphatic rings. The van der Waals surface area contributed by atoms with E-state index >= 15 is 0 Å². The van der Waals surface area contributed by atoms with Crippen LogP contribution in [0.5, 0.6) is 0 Å². The third kappa shape index (κ3) is 2.38. The number of rotatable bonds is 5. The summed E-state index contributed by atoms with van der Waals surface area (Å²) >= 11 is 0. The maximum atomic E-state index is 12.5. The summed E-state index contributed by atoms with van der Waals surface area (Å²) in [4.78, 5) is 0. The van der Waals surface area contributed by atoms with Crippen molar-refractivity contribution in [3.63, 3.8) is 0 Å². The Morgan fingerprint density at radius 1 is 1.28 bits per heavy atom. The molecule has 0 bridgehead atoms. The number of aromatic nitrogens is 1. The highest BCUT2D eigenvalue weighted by Gasteiger charge is 2.20. The van der Waals surface area contributed by atoms with Crippen LogP contribution in [0.15, 0.2) is 30.5 Å². The number of para-hydroxylation sites is 1. The van der Waals surface area contributed by atoms with Crippen LogP contribution in [0.3, 0.4) is 0 Å². The van der Waals surface area contributed by atoms with Gasteiger partial charge in [0.25, 0.3) is 6.43 Å². The van der Waals surface area contributed by atoms with E-state index in [9.17, 15) is 8.78 Å². The van der Waals surface area contributed by atoms with Crippen molar-refractivity contribution in [2.75, 3.05) is 0 Å². The molecule has 0 radical (unpaired) electrons. The molecule has 3 rings (SSSR count). The highest BCUT2D eigenvalue weighted by Crippen LogP contribution is 2.24. The van der Waals surface area contributed by atoms with Gasteiger partial charge in [-0.05, 0) is 29.9 Å². The van der Waals surface area contributed by atoms with Crippen LogP contribution in [-0.4, -0.2) is 17.0 Å². The molecule has 1 aromatic heterocycles. The van der Waals surface area contributed by atoms with Gasteiger partial charge < -0.3 is 9.88 Å². The number of hydrogen-bond donors (Lipinski definition) is 1. The minimum Gasteiger partial charge on any atom is -0.341 e. The van der Waals surface area contributed by atoms with Gasteiger partial charge in [-0.25, -0.2) is 8.78 Å². The summed E-state index contributed by atoms with van der Waals surface area (Å²) in [5.74, 6) is 0. The molecule has 0 unspecified atom stereocenters. The highest BCUT2D eigenvalue weighted by atomic mass is 19.3. The molecule has 1 saturated carbocycles. The van der Waals surface area contributed by atoms with Gasteiger partial charge in [-0.2, -0.15) is 0 Å². The fraction of sp³-hybridized carbons (Fsp3) is 0.429. The Bertz CT molecular complexity index is 544. The van der Waals surface area contributed by atoms with Crippen molar-refractivity contribution in [3.05, 3.63) is 36.0 Å². The topological polar surface area (TPSA) is 17.0 Å². The number of alkyl halides is 2. The molecule has 0 amide bonds. The first-order valence-electron chi connectivity index (χ1n) is 6.32. The van der Waals surface area contributed by atoms with Crippen LogP contribution >= 0.6 is 0 Å². The zero-order valence-corrected chi connectivity index (χ0v) is 10.1. The summed E-state index contributed by atoms with van der Waals surface area (Å²) in [6.07, 6.45) is 1.89. The van der Waals surface area contributed by atoms with Gasteiger partial charge in [0.1, 0.15) is 0 Å². The van der Waals surface area contributed by atoms with E-state index in [1.165, 1.54) is 12.8 Å². The van der Waals surface area contributed by atoms with Gasteiger partial charge >= 0.3 is 0 Å². The Labute approximate surface area is 105 Å². The van der Waals surface area contributed by atoms with Crippen LogP contribution in [0, 0.1) is 0 Å². The summed E-state index contributed by atoms with van der Waals surface area (Å²) in [7, 11) is 0. The number of halogens is 2. The Kier molecular flexibility index (Phi) is 3.04. The molecule has 1 heterocycles. The Hall–Kier alpha value is -1.42. The van der Waals surface area contributed by atoms with E-state index < -0.39 is 6.43 Å². The average Bonchev–Trinajstić information content (AvgIpc) is 3.08. The zero-order chi connectivity index (χ0) is 12.5. The Morgan fingerprint density at radius 3 is 2.83 bits per heavy atom. The maximum absolute atomic E-state index is 12.5. The lowest BCUT2D eigenvalue weighted by atomic mass is 10.1. The van der Waals surface area contributed by atoms with Crippen LogP contribution in [-0.2, 0) is 13.1 Å². The van der Waals surface area contributed by atoms with Crippen LogP contribution in [0.1, 0.15) is 18.4 Å². The lowest BCUT2D eigenvalue weighted by Gasteiger charge is -2.10. The zero-order valence-electron chi connectivity index (χ0n) is 10.1. The first-order valence-corrected chi connectivity index (χ1v) is 6.32. The summed E-state index contributed by atoms with van der Waals surface area (Å²) in [6.45, 7) is 0.527. The lowest BCUT2D eigenvalue weighted by molar-refractivity contribution is 0.128. The number of hydrogen-bond acceptors (Lipinski definition) is 1. The molecule has 0 spiro atoms. The van der Waals surface area contributed by atoms with Crippen LogP contribution in [0.4, 0.5) is 8.78 Å². The first kappa shape index (κ1) is 11.7. The van der Waals surface area contributed by atoms with Gasteiger partial charge in [0.15, 0.2) is 0 Å². The minimum atomic E-state index is -2.31. The largest absolute Gasteiger partial charge is 0.341 e. The molecule has 1 N–H and O–H groups in total. The molecule has 0 atom stereocenters. The van der Waals surface area contributed by atoms with E-state index in [4.69, 9.17) is 0 Å². The molecular formula is C14H16F2N2. The van der Waals surface area contributed by atoms with Crippen molar-refractivity contribution < 1.29 is 8.78 Å². The molecule has 1 fully saturated rings. The molecule has 18 heavy (non-hydrogen) atoms. The number of fused-ring (bicyclic) bond motifs is 1. The van der Waals surface area contributed by atoms with Crippen LogP contribution in [0.25, 0.3) is 10.9 Å². The van der Waals surface area contributed by atoms with Gasteiger partial charge in [-0.1, -0.05) is 18.2 Å². The third-order valence-electron chi connectivity index (χ3n) is 3.37. The molecular weight excluding hydrogens is 234 g/mol. The second-order valence-corrected chi connectivity index (χ2v) is 4.87.